The maximum Gasteiger partial charge on any atom is 0.0918 e. The lowest BCUT2D eigenvalue weighted by Crippen LogP contribution is -2.51. The zero-order valence-electron chi connectivity index (χ0n) is 12.4. The molecule has 3 fully saturated rings. The fourth-order valence-corrected chi connectivity index (χ4v) is 3.85. The molecule has 0 N–H and O–H groups in total. The Morgan fingerprint density at radius 3 is 3.10 bits per heavy atom. The fourth-order valence-electron chi connectivity index (χ4n) is 3.85. The quantitative estimate of drug-likeness (QED) is 0.830. The summed E-state index contributed by atoms with van der Waals surface area (Å²) in [5.41, 5.74) is 1.22. The van der Waals surface area contributed by atoms with Crippen LogP contribution in [0.15, 0.2) is 24.5 Å². The number of hydrogen-bond acceptors (Lipinski definition) is 5. The van der Waals surface area contributed by atoms with Crippen molar-refractivity contribution in [1.82, 2.24) is 9.88 Å². The van der Waals surface area contributed by atoms with Gasteiger partial charge in [-0.3, -0.25) is 9.88 Å². The molecule has 0 spiro atoms. The predicted molar refractivity (Wildman–Crippen MR) is 80.5 cm³/mol. The molecule has 0 bridgehead atoms. The van der Waals surface area contributed by atoms with Crippen molar-refractivity contribution in [1.29, 1.82) is 0 Å². The maximum absolute atomic E-state index is 6.01. The Balaban J connectivity index is 1.44. The highest BCUT2D eigenvalue weighted by atomic mass is 16.5. The SMILES string of the molecule is c1cncc(N2CCO[C@H]3CN(CC4CCOC4)C[C@H]32)c1. The Labute approximate surface area is 125 Å². The van der Waals surface area contributed by atoms with E-state index in [2.05, 4.69) is 20.9 Å². The van der Waals surface area contributed by atoms with Crippen molar-refractivity contribution in [2.45, 2.75) is 18.6 Å². The number of rotatable bonds is 3. The Morgan fingerprint density at radius 1 is 1.29 bits per heavy atom. The van der Waals surface area contributed by atoms with Crippen LogP contribution in [0.5, 0.6) is 0 Å². The van der Waals surface area contributed by atoms with Crippen molar-refractivity contribution in [3.63, 3.8) is 0 Å². The minimum absolute atomic E-state index is 0.335. The third-order valence-corrected chi connectivity index (χ3v) is 4.89. The third kappa shape index (κ3) is 2.78. The predicted octanol–water partition coefficient (Wildman–Crippen LogP) is 1.01. The third-order valence-electron chi connectivity index (χ3n) is 4.89. The average molecular weight is 289 g/mol. The van der Waals surface area contributed by atoms with Crippen molar-refractivity contribution in [2.75, 3.05) is 50.9 Å². The van der Waals surface area contributed by atoms with Crippen LogP contribution in [0.1, 0.15) is 6.42 Å². The first-order valence-corrected chi connectivity index (χ1v) is 7.98. The van der Waals surface area contributed by atoms with Gasteiger partial charge >= 0.3 is 0 Å². The molecule has 4 heterocycles. The molecule has 1 unspecified atom stereocenters. The summed E-state index contributed by atoms with van der Waals surface area (Å²) in [4.78, 5) is 9.30. The molecular formula is C16H23N3O2. The van der Waals surface area contributed by atoms with Crippen molar-refractivity contribution < 1.29 is 9.47 Å². The molecule has 0 aromatic carbocycles. The highest BCUT2D eigenvalue weighted by Gasteiger charge is 2.40. The van der Waals surface area contributed by atoms with Gasteiger partial charge < -0.3 is 14.4 Å². The molecule has 1 aromatic rings. The van der Waals surface area contributed by atoms with Gasteiger partial charge in [0.25, 0.3) is 0 Å². The van der Waals surface area contributed by atoms with Gasteiger partial charge in [0.05, 0.1) is 37.2 Å². The summed E-state index contributed by atoms with van der Waals surface area (Å²) in [6, 6.07) is 4.64. The van der Waals surface area contributed by atoms with Crippen LogP contribution in [0.2, 0.25) is 0 Å². The number of nitrogens with zero attached hydrogens (tertiary/aromatic N) is 3. The topological polar surface area (TPSA) is 37.8 Å². The van der Waals surface area contributed by atoms with Crippen LogP contribution in [0.3, 0.4) is 0 Å². The van der Waals surface area contributed by atoms with Gasteiger partial charge in [0, 0.05) is 39.0 Å². The molecule has 3 atom stereocenters. The molecule has 5 heteroatoms. The molecule has 0 saturated carbocycles. The summed E-state index contributed by atoms with van der Waals surface area (Å²) in [5.74, 6) is 0.706. The second kappa shape index (κ2) is 5.91. The maximum atomic E-state index is 6.01. The lowest BCUT2D eigenvalue weighted by Gasteiger charge is -2.38. The summed E-state index contributed by atoms with van der Waals surface area (Å²) in [6.45, 7) is 6.94. The van der Waals surface area contributed by atoms with E-state index in [9.17, 15) is 0 Å². The van der Waals surface area contributed by atoms with Crippen LogP contribution in [0.4, 0.5) is 5.69 Å². The molecule has 114 valence electrons. The molecule has 4 rings (SSSR count). The Bertz CT molecular complexity index is 464. The number of ether oxygens (including phenoxy) is 2. The Hall–Kier alpha value is -1.17. The molecule has 0 radical (unpaired) electrons. The van der Waals surface area contributed by atoms with Crippen LogP contribution in [0.25, 0.3) is 0 Å². The molecule has 3 saturated heterocycles. The van der Waals surface area contributed by atoms with Gasteiger partial charge in [0.2, 0.25) is 0 Å². The van der Waals surface area contributed by atoms with E-state index in [-0.39, 0.29) is 0 Å². The van der Waals surface area contributed by atoms with Gasteiger partial charge in [-0.15, -0.1) is 0 Å². The minimum atomic E-state index is 0.335. The van der Waals surface area contributed by atoms with Crippen molar-refractivity contribution in [2.24, 2.45) is 5.92 Å². The van der Waals surface area contributed by atoms with E-state index >= 15 is 0 Å². The van der Waals surface area contributed by atoms with E-state index in [1.54, 1.807) is 0 Å². The molecule has 21 heavy (non-hydrogen) atoms. The summed E-state index contributed by atoms with van der Waals surface area (Å²) in [7, 11) is 0. The number of pyridine rings is 1. The number of morpholine rings is 1. The van der Waals surface area contributed by atoms with Crippen LogP contribution < -0.4 is 4.90 Å². The van der Waals surface area contributed by atoms with Gasteiger partial charge in [-0.2, -0.15) is 0 Å². The molecule has 1 aromatic heterocycles. The number of hydrogen-bond donors (Lipinski definition) is 0. The summed E-state index contributed by atoms with van der Waals surface area (Å²) < 4.78 is 11.5. The van der Waals surface area contributed by atoms with Crippen LogP contribution >= 0.6 is 0 Å². The molecule has 0 amide bonds. The van der Waals surface area contributed by atoms with Crippen molar-refractivity contribution in [3.8, 4) is 0 Å². The zero-order chi connectivity index (χ0) is 14.1. The van der Waals surface area contributed by atoms with Crippen molar-refractivity contribution in [3.05, 3.63) is 24.5 Å². The van der Waals surface area contributed by atoms with Crippen molar-refractivity contribution >= 4 is 5.69 Å². The van der Waals surface area contributed by atoms with E-state index in [4.69, 9.17) is 9.47 Å². The van der Waals surface area contributed by atoms with Gasteiger partial charge in [0.1, 0.15) is 0 Å². The van der Waals surface area contributed by atoms with Crippen LogP contribution in [0, 0.1) is 5.92 Å². The molecular weight excluding hydrogens is 266 g/mol. The second-order valence-corrected chi connectivity index (χ2v) is 6.33. The smallest absolute Gasteiger partial charge is 0.0918 e. The number of likely N-dealkylation sites (tertiary alicyclic amines) is 1. The Morgan fingerprint density at radius 2 is 2.29 bits per heavy atom. The standard InChI is InChI=1S/C16H23N3O2/c1-2-14(8-17-4-1)19-5-7-21-16-11-18(10-15(16)19)9-13-3-6-20-12-13/h1-2,4,8,13,15-16H,3,5-7,9-12H2/t13?,15-,16+/m1/s1. The highest BCUT2D eigenvalue weighted by molar-refractivity contribution is 5.46. The summed E-state index contributed by atoms with van der Waals surface area (Å²) in [6.07, 6.45) is 5.35. The number of anilines is 1. The van der Waals surface area contributed by atoms with Crippen LogP contribution in [-0.4, -0.2) is 68.0 Å². The monoisotopic (exact) mass is 289 g/mol. The average Bonchev–Trinajstić information content (AvgIpc) is 3.17. The van der Waals surface area contributed by atoms with E-state index in [1.807, 2.05) is 18.5 Å². The van der Waals surface area contributed by atoms with E-state index in [0.29, 0.717) is 18.1 Å². The minimum Gasteiger partial charge on any atom is -0.381 e. The normalized spacial score (nSPS) is 33.3. The van der Waals surface area contributed by atoms with Gasteiger partial charge in [0.15, 0.2) is 0 Å². The van der Waals surface area contributed by atoms with E-state index < -0.39 is 0 Å². The fraction of sp³-hybridized carbons (Fsp3) is 0.688. The van der Waals surface area contributed by atoms with Gasteiger partial charge in [-0.05, 0) is 24.5 Å². The first-order chi connectivity index (χ1) is 10.4. The second-order valence-electron chi connectivity index (χ2n) is 6.33. The Kier molecular flexibility index (Phi) is 3.80. The first-order valence-electron chi connectivity index (χ1n) is 7.98. The van der Waals surface area contributed by atoms with Gasteiger partial charge in [-0.1, -0.05) is 0 Å². The highest BCUT2D eigenvalue weighted by Crippen LogP contribution is 2.28. The largest absolute Gasteiger partial charge is 0.381 e. The van der Waals surface area contributed by atoms with E-state index in [1.165, 1.54) is 12.1 Å². The first kappa shape index (κ1) is 13.5. The van der Waals surface area contributed by atoms with Crippen LogP contribution in [-0.2, 0) is 9.47 Å². The number of aromatic nitrogens is 1. The number of fused-ring (bicyclic) bond motifs is 1. The molecule has 5 nitrogen and oxygen atoms in total. The lowest BCUT2D eigenvalue weighted by atomic mass is 10.1. The van der Waals surface area contributed by atoms with E-state index in [0.717, 1.165) is 46.0 Å². The van der Waals surface area contributed by atoms with Gasteiger partial charge in [-0.25, -0.2) is 0 Å². The zero-order valence-corrected chi connectivity index (χ0v) is 12.4. The lowest BCUT2D eigenvalue weighted by molar-refractivity contribution is 0.0302. The summed E-state index contributed by atoms with van der Waals surface area (Å²) in [5, 5.41) is 0. The summed E-state index contributed by atoms with van der Waals surface area (Å²) >= 11 is 0. The molecule has 0 aliphatic carbocycles. The molecule has 3 aliphatic heterocycles. The molecule has 3 aliphatic rings.